The molecule has 1 unspecified atom stereocenters. The van der Waals surface area contributed by atoms with Gasteiger partial charge in [-0.2, -0.15) is 0 Å². The Balaban J connectivity index is 1.41. The monoisotopic (exact) mass is 449 g/mol. The number of benzene rings is 2. The molecule has 2 fully saturated rings. The first-order valence-electron chi connectivity index (χ1n) is 11.7. The zero-order chi connectivity index (χ0) is 23.0. The average molecular weight is 450 g/mol. The van der Waals surface area contributed by atoms with E-state index < -0.39 is 6.04 Å². The third-order valence-corrected chi connectivity index (χ3v) is 6.47. The molecule has 2 aliphatic heterocycles. The smallest absolute Gasteiger partial charge is 0.251 e. The first kappa shape index (κ1) is 23.0. The minimum atomic E-state index is -0.609. The number of likely N-dealkylation sites (tertiary alicyclic amines) is 1. The van der Waals surface area contributed by atoms with Gasteiger partial charge in [-0.3, -0.25) is 14.4 Å². The lowest BCUT2D eigenvalue weighted by atomic mass is 9.87. The molecule has 0 aromatic heterocycles. The predicted octanol–water partition coefficient (Wildman–Crippen LogP) is 2.13. The Hall–Kier alpha value is -3.19. The number of carbonyl (C=O) groups is 3. The number of piperidine rings is 1. The van der Waals surface area contributed by atoms with Crippen molar-refractivity contribution in [2.45, 2.75) is 25.3 Å². The van der Waals surface area contributed by atoms with Crippen LogP contribution in [0.15, 0.2) is 60.7 Å². The third-order valence-electron chi connectivity index (χ3n) is 6.47. The largest absolute Gasteiger partial charge is 0.378 e. The summed E-state index contributed by atoms with van der Waals surface area (Å²) >= 11 is 0. The predicted molar refractivity (Wildman–Crippen MR) is 125 cm³/mol. The molecule has 2 heterocycles. The number of amides is 3. The number of carbonyl (C=O) groups excluding carboxylic acids is 3. The molecule has 2 aromatic carbocycles. The van der Waals surface area contributed by atoms with Gasteiger partial charge in [0.25, 0.3) is 5.91 Å². The number of hydrogen-bond acceptors (Lipinski definition) is 4. The molecule has 7 nitrogen and oxygen atoms in total. The zero-order valence-electron chi connectivity index (χ0n) is 18.8. The van der Waals surface area contributed by atoms with Crippen molar-refractivity contribution in [3.63, 3.8) is 0 Å². The quantitative estimate of drug-likeness (QED) is 0.733. The van der Waals surface area contributed by atoms with Crippen molar-refractivity contribution in [2.24, 2.45) is 5.92 Å². The number of morpholine rings is 1. The van der Waals surface area contributed by atoms with Crippen molar-refractivity contribution in [3.05, 3.63) is 71.8 Å². The van der Waals surface area contributed by atoms with Gasteiger partial charge in [0, 0.05) is 31.7 Å². The second-order valence-corrected chi connectivity index (χ2v) is 8.64. The van der Waals surface area contributed by atoms with Gasteiger partial charge in [0.15, 0.2) is 0 Å². The van der Waals surface area contributed by atoms with Gasteiger partial charge in [0.05, 0.1) is 19.6 Å². The van der Waals surface area contributed by atoms with E-state index in [9.17, 15) is 14.4 Å². The van der Waals surface area contributed by atoms with E-state index in [1.54, 1.807) is 17.0 Å². The highest BCUT2D eigenvalue weighted by atomic mass is 16.5. The molecule has 174 valence electrons. The third kappa shape index (κ3) is 5.99. The van der Waals surface area contributed by atoms with Crippen LogP contribution in [0.4, 0.5) is 0 Å². The molecule has 0 aliphatic carbocycles. The summed E-state index contributed by atoms with van der Waals surface area (Å²) in [7, 11) is 0. The SMILES string of the molecule is O=C(NC(C(=O)N1CCOCC1)C1CCN(C(=O)Cc2ccccc2)CC1)c1ccccc1. The highest BCUT2D eigenvalue weighted by Gasteiger charge is 2.36. The number of rotatable bonds is 6. The summed E-state index contributed by atoms with van der Waals surface area (Å²) in [4.78, 5) is 42.7. The van der Waals surface area contributed by atoms with Crippen molar-refractivity contribution in [2.75, 3.05) is 39.4 Å². The Morgan fingerprint density at radius 3 is 2.09 bits per heavy atom. The molecule has 2 aromatic rings. The molecule has 2 aliphatic rings. The maximum Gasteiger partial charge on any atom is 0.251 e. The van der Waals surface area contributed by atoms with Crippen LogP contribution in [0.5, 0.6) is 0 Å². The summed E-state index contributed by atoms with van der Waals surface area (Å²) < 4.78 is 5.39. The fourth-order valence-corrected chi connectivity index (χ4v) is 4.54. The maximum atomic E-state index is 13.4. The lowest BCUT2D eigenvalue weighted by Crippen LogP contribution is -2.56. The molecule has 0 radical (unpaired) electrons. The van der Waals surface area contributed by atoms with Crippen LogP contribution in [-0.2, 0) is 20.7 Å². The van der Waals surface area contributed by atoms with Crippen molar-refractivity contribution >= 4 is 17.7 Å². The maximum absolute atomic E-state index is 13.4. The summed E-state index contributed by atoms with van der Waals surface area (Å²) in [5, 5.41) is 3.01. The summed E-state index contributed by atoms with van der Waals surface area (Å²) in [5.74, 6) is -0.223. The summed E-state index contributed by atoms with van der Waals surface area (Å²) in [5.41, 5.74) is 1.54. The van der Waals surface area contributed by atoms with E-state index >= 15 is 0 Å². The van der Waals surface area contributed by atoms with E-state index in [1.807, 2.05) is 53.4 Å². The molecular weight excluding hydrogens is 418 g/mol. The molecular formula is C26H31N3O4. The second-order valence-electron chi connectivity index (χ2n) is 8.64. The van der Waals surface area contributed by atoms with E-state index in [4.69, 9.17) is 4.74 Å². The standard InChI is InChI=1S/C26H31N3O4/c30-23(19-20-7-3-1-4-8-20)28-13-11-21(12-14-28)24(26(32)29-15-17-33-18-16-29)27-25(31)22-9-5-2-6-10-22/h1-10,21,24H,11-19H2,(H,27,31). The number of nitrogens with zero attached hydrogens (tertiary/aromatic N) is 2. The highest BCUT2D eigenvalue weighted by Crippen LogP contribution is 2.24. The molecule has 0 bridgehead atoms. The molecule has 4 rings (SSSR count). The normalized spacial score (nSPS) is 17.9. The van der Waals surface area contributed by atoms with Crippen LogP contribution in [0.2, 0.25) is 0 Å². The molecule has 0 spiro atoms. The fraction of sp³-hybridized carbons (Fsp3) is 0.423. The van der Waals surface area contributed by atoms with Gasteiger partial charge in [-0.1, -0.05) is 48.5 Å². The molecule has 1 atom stereocenters. The molecule has 0 saturated carbocycles. The van der Waals surface area contributed by atoms with Crippen LogP contribution < -0.4 is 5.32 Å². The van der Waals surface area contributed by atoms with Crippen molar-refractivity contribution in [1.29, 1.82) is 0 Å². The van der Waals surface area contributed by atoms with Gasteiger partial charge in [0.2, 0.25) is 11.8 Å². The van der Waals surface area contributed by atoms with Gasteiger partial charge in [-0.05, 0) is 36.5 Å². The Labute approximate surface area is 194 Å². The van der Waals surface area contributed by atoms with E-state index in [-0.39, 0.29) is 23.6 Å². The fourth-order valence-electron chi connectivity index (χ4n) is 4.54. The van der Waals surface area contributed by atoms with Crippen LogP contribution in [-0.4, -0.2) is 73.0 Å². The first-order chi connectivity index (χ1) is 16.1. The Morgan fingerprint density at radius 1 is 0.848 bits per heavy atom. The number of hydrogen-bond donors (Lipinski definition) is 1. The summed E-state index contributed by atoms with van der Waals surface area (Å²) in [6.45, 7) is 3.26. The first-order valence-corrected chi connectivity index (χ1v) is 11.7. The van der Waals surface area contributed by atoms with Crippen molar-refractivity contribution < 1.29 is 19.1 Å². The lowest BCUT2D eigenvalue weighted by molar-refractivity contribution is -0.139. The topological polar surface area (TPSA) is 79.0 Å². The van der Waals surface area contributed by atoms with E-state index in [0.717, 1.165) is 5.56 Å². The van der Waals surface area contributed by atoms with Crippen LogP contribution in [0, 0.1) is 5.92 Å². The van der Waals surface area contributed by atoms with Crippen LogP contribution in [0.25, 0.3) is 0 Å². The minimum Gasteiger partial charge on any atom is -0.378 e. The molecule has 3 amide bonds. The van der Waals surface area contributed by atoms with Gasteiger partial charge in [0.1, 0.15) is 6.04 Å². The van der Waals surface area contributed by atoms with Crippen LogP contribution >= 0.6 is 0 Å². The van der Waals surface area contributed by atoms with E-state index in [2.05, 4.69) is 5.32 Å². The van der Waals surface area contributed by atoms with Gasteiger partial charge in [-0.15, -0.1) is 0 Å². The molecule has 1 N–H and O–H groups in total. The average Bonchev–Trinajstić information content (AvgIpc) is 2.88. The van der Waals surface area contributed by atoms with Crippen molar-refractivity contribution in [1.82, 2.24) is 15.1 Å². The molecule has 7 heteroatoms. The Morgan fingerprint density at radius 2 is 1.45 bits per heavy atom. The van der Waals surface area contributed by atoms with Gasteiger partial charge in [-0.25, -0.2) is 0 Å². The lowest BCUT2D eigenvalue weighted by Gasteiger charge is -2.38. The minimum absolute atomic E-state index is 0.0196. The number of nitrogens with one attached hydrogen (secondary N) is 1. The van der Waals surface area contributed by atoms with Crippen LogP contribution in [0.1, 0.15) is 28.8 Å². The highest BCUT2D eigenvalue weighted by molar-refractivity contribution is 5.97. The molecule has 2 saturated heterocycles. The Kier molecular flexibility index (Phi) is 7.73. The second kappa shape index (κ2) is 11.1. The Bertz CT molecular complexity index is 937. The van der Waals surface area contributed by atoms with Gasteiger partial charge >= 0.3 is 0 Å². The van der Waals surface area contributed by atoms with Crippen molar-refractivity contribution in [3.8, 4) is 0 Å². The van der Waals surface area contributed by atoms with Gasteiger partial charge < -0.3 is 19.9 Å². The van der Waals surface area contributed by atoms with E-state index in [0.29, 0.717) is 64.2 Å². The van der Waals surface area contributed by atoms with E-state index in [1.165, 1.54) is 0 Å². The van der Waals surface area contributed by atoms with Crippen LogP contribution in [0.3, 0.4) is 0 Å². The zero-order valence-corrected chi connectivity index (χ0v) is 18.8. The number of ether oxygens (including phenoxy) is 1. The summed E-state index contributed by atoms with van der Waals surface area (Å²) in [6, 6.07) is 18.1. The molecule has 33 heavy (non-hydrogen) atoms. The summed E-state index contributed by atoms with van der Waals surface area (Å²) in [6.07, 6.45) is 1.74.